The normalized spacial score (nSPS) is 16.0. The van der Waals surface area contributed by atoms with Gasteiger partial charge in [-0.3, -0.25) is 4.90 Å². The van der Waals surface area contributed by atoms with Gasteiger partial charge in [-0.15, -0.1) is 11.3 Å². The molecule has 0 radical (unpaired) electrons. The number of hydrogen-bond acceptors (Lipinski definition) is 6. The number of aromatic nitrogens is 1. The highest BCUT2D eigenvalue weighted by Gasteiger charge is 2.10. The van der Waals surface area contributed by atoms with Crippen LogP contribution in [-0.2, 0) is 4.74 Å². The lowest BCUT2D eigenvalue weighted by atomic mass is 10.2. The maximum atomic E-state index is 5.84. The topological polar surface area (TPSA) is 60.6 Å². The lowest BCUT2D eigenvalue weighted by molar-refractivity contribution is 0.0322. The second-order valence-corrected chi connectivity index (χ2v) is 5.79. The van der Waals surface area contributed by atoms with Gasteiger partial charge in [0.15, 0.2) is 5.13 Å². The summed E-state index contributed by atoms with van der Waals surface area (Å²) < 4.78 is 11.2. The molecule has 2 aromatic rings. The Morgan fingerprint density at radius 1 is 1.33 bits per heavy atom. The van der Waals surface area contributed by atoms with E-state index in [1.54, 1.807) is 0 Å². The average molecular weight is 305 g/mol. The SMILES string of the molecule is Nc1nc(-c2cccc(OCCN3CCOCC3)c2)cs1. The average Bonchev–Trinajstić information content (AvgIpc) is 2.95. The summed E-state index contributed by atoms with van der Waals surface area (Å²) in [5.41, 5.74) is 7.61. The summed E-state index contributed by atoms with van der Waals surface area (Å²) in [5, 5.41) is 2.55. The summed E-state index contributed by atoms with van der Waals surface area (Å²) in [7, 11) is 0. The molecule has 21 heavy (non-hydrogen) atoms. The Morgan fingerprint density at radius 2 is 2.19 bits per heavy atom. The first-order valence-corrected chi connectivity index (χ1v) is 7.93. The molecular formula is C15H19N3O2S. The summed E-state index contributed by atoms with van der Waals surface area (Å²) in [6.07, 6.45) is 0. The fourth-order valence-corrected chi connectivity index (χ4v) is 2.85. The van der Waals surface area contributed by atoms with Gasteiger partial charge >= 0.3 is 0 Å². The molecule has 112 valence electrons. The Kier molecular flexibility index (Phi) is 4.69. The number of ether oxygens (including phenoxy) is 2. The molecule has 1 aliphatic rings. The third-order valence-corrected chi connectivity index (χ3v) is 4.11. The molecule has 0 bridgehead atoms. The van der Waals surface area contributed by atoms with Gasteiger partial charge in [0.25, 0.3) is 0 Å². The quantitative estimate of drug-likeness (QED) is 0.916. The van der Waals surface area contributed by atoms with Crippen molar-refractivity contribution < 1.29 is 9.47 Å². The minimum Gasteiger partial charge on any atom is -0.492 e. The van der Waals surface area contributed by atoms with Crippen LogP contribution in [0, 0.1) is 0 Å². The first-order chi connectivity index (χ1) is 10.3. The van der Waals surface area contributed by atoms with Crippen LogP contribution in [0.15, 0.2) is 29.6 Å². The molecular weight excluding hydrogens is 286 g/mol. The van der Waals surface area contributed by atoms with Crippen LogP contribution in [0.5, 0.6) is 5.75 Å². The number of nitrogens with zero attached hydrogens (tertiary/aromatic N) is 2. The van der Waals surface area contributed by atoms with Crippen molar-refractivity contribution in [2.45, 2.75) is 0 Å². The largest absolute Gasteiger partial charge is 0.492 e. The highest BCUT2D eigenvalue weighted by atomic mass is 32.1. The van der Waals surface area contributed by atoms with Crippen molar-refractivity contribution in [1.29, 1.82) is 0 Å². The van der Waals surface area contributed by atoms with Crippen molar-refractivity contribution in [3.8, 4) is 17.0 Å². The second-order valence-electron chi connectivity index (χ2n) is 4.90. The van der Waals surface area contributed by atoms with E-state index in [1.807, 2.05) is 29.6 Å². The molecule has 6 heteroatoms. The molecule has 1 aromatic heterocycles. The molecule has 5 nitrogen and oxygen atoms in total. The summed E-state index contributed by atoms with van der Waals surface area (Å²) in [5.74, 6) is 0.868. The first-order valence-electron chi connectivity index (χ1n) is 7.05. The van der Waals surface area contributed by atoms with E-state index in [0.717, 1.165) is 49.9 Å². The monoisotopic (exact) mass is 305 g/mol. The minimum absolute atomic E-state index is 0.587. The molecule has 0 amide bonds. The van der Waals surface area contributed by atoms with E-state index in [0.29, 0.717) is 11.7 Å². The number of anilines is 1. The van der Waals surface area contributed by atoms with Gasteiger partial charge in [0, 0.05) is 30.6 Å². The fraction of sp³-hybridized carbons (Fsp3) is 0.400. The minimum atomic E-state index is 0.587. The van der Waals surface area contributed by atoms with Crippen molar-refractivity contribution in [3.05, 3.63) is 29.6 Å². The van der Waals surface area contributed by atoms with Crippen LogP contribution in [0.25, 0.3) is 11.3 Å². The van der Waals surface area contributed by atoms with E-state index < -0.39 is 0 Å². The maximum Gasteiger partial charge on any atom is 0.180 e. The smallest absolute Gasteiger partial charge is 0.180 e. The van der Waals surface area contributed by atoms with Crippen LogP contribution >= 0.6 is 11.3 Å². The number of thiazole rings is 1. The Hall–Kier alpha value is -1.63. The van der Waals surface area contributed by atoms with Gasteiger partial charge in [0.2, 0.25) is 0 Å². The molecule has 0 atom stereocenters. The number of rotatable bonds is 5. The molecule has 0 aliphatic carbocycles. The second kappa shape index (κ2) is 6.89. The Bertz CT molecular complexity index is 582. The summed E-state index contributed by atoms with van der Waals surface area (Å²) in [4.78, 5) is 6.65. The number of morpholine rings is 1. The van der Waals surface area contributed by atoms with Crippen LogP contribution < -0.4 is 10.5 Å². The Balaban J connectivity index is 1.56. The van der Waals surface area contributed by atoms with E-state index in [2.05, 4.69) is 9.88 Å². The third-order valence-electron chi connectivity index (χ3n) is 3.43. The summed E-state index contributed by atoms with van der Waals surface area (Å²) in [6.45, 7) is 5.23. The van der Waals surface area contributed by atoms with E-state index in [-0.39, 0.29) is 0 Å². The molecule has 1 fully saturated rings. The van der Waals surface area contributed by atoms with Gasteiger partial charge in [-0.2, -0.15) is 0 Å². The lowest BCUT2D eigenvalue weighted by Gasteiger charge is -2.26. The van der Waals surface area contributed by atoms with Crippen molar-refractivity contribution >= 4 is 16.5 Å². The van der Waals surface area contributed by atoms with Crippen LogP contribution in [-0.4, -0.2) is 49.3 Å². The van der Waals surface area contributed by atoms with Gasteiger partial charge in [-0.05, 0) is 12.1 Å². The molecule has 1 aliphatic heterocycles. The molecule has 1 saturated heterocycles. The van der Waals surface area contributed by atoms with Crippen LogP contribution in [0.4, 0.5) is 5.13 Å². The van der Waals surface area contributed by atoms with E-state index >= 15 is 0 Å². The van der Waals surface area contributed by atoms with Crippen LogP contribution in [0.2, 0.25) is 0 Å². The van der Waals surface area contributed by atoms with E-state index in [1.165, 1.54) is 11.3 Å². The van der Waals surface area contributed by atoms with Crippen molar-refractivity contribution in [3.63, 3.8) is 0 Å². The van der Waals surface area contributed by atoms with E-state index in [9.17, 15) is 0 Å². The van der Waals surface area contributed by atoms with Gasteiger partial charge < -0.3 is 15.2 Å². The van der Waals surface area contributed by atoms with E-state index in [4.69, 9.17) is 15.2 Å². The van der Waals surface area contributed by atoms with Gasteiger partial charge in [-0.1, -0.05) is 12.1 Å². The molecule has 3 rings (SSSR count). The maximum absolute atomic E-state index is 5.84. The Morgan fingerprint density at radius 3 is 2.95 bits per heavy atom. The number of nitrogens with two attached hydrogens (primary N) is 1. The zero-order valence-electron chi connectivity index (χ0n) is 11.8. The molecule has 1 aromatic carbocycles. The zero-order chi connectivity index (χ0) is 14.5. The fourth-order valence-electron chi connectivity index (χ4n) is 2.28. The third kappa shape index (κ3) is 3.93. The highest BCUT2D eigenvalue weighted by Crippen LogP contribution is 2.26. The van der Waals surface area contributed by atoms with Crippen molar-refractivity contribution in [2.75, 3.05) is 45.2 Å². The van der Waals surface area contributed by atoms with Crippen molar-refractivity contribution in [2.24, 2.45) is 0 Å². The zero-order valence-corrected chi connectivity index (χ0v) is 12.6. The predicted octanol–water partition coefficient (Wildman–Crippen LogP) is 2.10. The lowest BCUT2D eigenvalue weighted by Crippen LogP contribution is -2.38. The van der Waals surface area contributed by atoms with Crippen LogP contribution in [0.1, 0.15) is 0 Å². The van der Waals surface area contributed by atoms with Gasteiger partial charge in [0.1, 0.15) is 12.4 Å². The highest BCUT2D eigenvalue weighted by molar-refractivity contribution is 7.13. The van der Waals surface area contributed by atoms with Gasteiger partial charge in [0.05, 0.1) is 18.9 Å². The molecule has 0 spiro atoms. The van der Waals surface area contributed by atoms with Crippen LogP contribution in [0.3, 0.4) is 0 Å². The summed E-state index contributed by atoms with van der Waals surface area (Å²) >= 11 is 1.45. The number of benzene rings is 1. The summed E-state index contributed by atoms with van der Waals surface area (Å²) in [6, 6.07) is 7.98. The molecule has 0 saturated carbocycles. The first kappa shape index (κ1) is 14.3. The number of hydrogen-bond donors (Lipinski definition) is 1. The molecule has 0 unspecified atom stereocenters. The number of nitrogen functional groups attached to an aromatic ring is 1. The predicted molar refractivity (Wildman–Crippen MR) is 84.7 cm³/mol. The standard InChI is InChI=1S/C15H19N3O2S/c16-15-17-14(11-21-15)12-2-1-3-13(10-12)20-9-6-18-4-7-19-8-5-18/h1-3,10-11H,4-9H2,(H2,16,17). The Labute approximate surface area is 128 Å². The van der Waals surface area contributed by atoms with Crippen molar-refractivity contribution in [1.82, 2.24) is 9.88 Å². The molecule has 2 heterocycles. The van der Waals surface area contributed by atoms with Gasteiger partial charge in [-0.25, -0.2) is 4.98 Å². The molecule has 2 N–H and O–H groups in total.